The van der Waals surface area contributed by atoms with Crippen LogP contribution in [0.5, 0.6) is 0 Å². The molecule has 0 amide bonds. The Hall–Kier alpha value is -2.40. The third kappa shape index (κ3) is 38.4. The first-order valence-electron chi connectivity index (χ1n) is 20.8. The Kier molecular flexibility index (Phi) is 39.1. The lowest BCUT2D eigenvalue weighted by Gasteiger charge is -2.18. The van der Waals surface area contributed by atoms with Crippen molar-refractivity contribution in [1.82, 2.24) is 0 Å². The van der Waals surface area contributed by atoms with Gasteiger partial charge in [0.05, 0.1) is 6.61 Å². The summed E-state index contributed by atoms with van der Waals surface area (Å²) in [6.45, 7) is 7.53. The molecule has 0 aromatic carbocycles. The second-order valence-electron chi connectivity index (χ2n) is 13.5. The van der Waals surface area contributed by atoms with Crippen LogP contribution in [-0.2, 0) is 23.8 Å². The fourth-order valence-electron chi connectivity index (χ4n) is 5.43. The molecule has 5 nitrogen and oxygen atoms in total. The van der Waals surface area contributed by atoms with Crippen LogP contribution in [0.3, 0.4) is 0 Å². The zero-order valence-corrected chi connectivity index (χ0v) is 32.9. The number of ether oxygens (including phenoxy) is 3. The van der Waals surface area contributed by atoms with Crippen molar-refractivity contribution < 1.29 is 23.8 Å². The molecular weight excluding hydrogens is 620 g/mol. The first-order chi connectivity index (χ1) is 24.6. The van der Waals surface area contributed by atoms with E-state index in [-0.39, 0.29) is 25.2 Å². The van der Waals surface area contributed by atoms with Gasteiger partial charge < -0.3 is 14.2 Å². The molecule has 0 heterocycles. The van der Waals surface area contributed by atoms with Crippen LogP contribution in [-0.4, -0.2) is 37.9 Å². The number of carbonyl (C=O) groups excluding carboxylic acids is 2. The average Bonchev–Trinajstić information content (AvgIpc) is 3.11. The van der Waals surface area contributed by atoms with Crippen molar-refractivity contribution in [2.75, 3.05) is 19.8 Å². The topological polar surface area (TPSA) is 61.8 Å². The van der Waals surface area contributed by atoms with Gasteiger partial charge in [0.1, 0.15) is 6.61 Å². The summed E-state index contributed by atoms with van der Waals surface area (Å²) in [5.41, 5.74) is 0. The van der Waals surface area contributed by atoms with Gasteiger partial charge in [0.25, 0.3) is 0 Å². The van der Waals surface area contributed by atoms with E-state index in [9.17, 15) is 9.59 Å². The van der Waals surface area contributed by atoms with Gasteiger partial charge in [0, 0.05) is 19.4 Å². The van der Waals surface area contributed by atoms with Gasteiger partial charge in [0.15, 0.2) is 6.10 Å². The van der Waals surface area contributed by atoms with E-state index in [2.05, 4.69) is 81.5 Å². The molecule has 0 radical (unpaired) electrons. The van der Waals surface area contributed by atoms with Crippen LogP contribution in [0.25, 0.3) is 0 Å². The van der Waals surface area contributed by atoms with Gasteiger partial charge in [-0.3, -0.25) is 9.59 Å². The maximum atomic E-state index is 12.5. The van der Waals surface area contributed by atoms with Gasteiger partial charge in [-0.15, -0.1) is 0 Å². The monoisotopic (exact) mass is 699 g/mol. The minimum absolute atomic E-state index is 0.0665. The van der Waals surface area contributed by atoms with Crippen LogP contribution < -0.4 is 0 Å². The fraction of sp³-hybridized carbons (Fsp3) is 0.733. The standard InChI is InChI=1S/C45H78O5/c1-4-7-10-13-15-17-19-21-22-23-25-27-29-31-34-37-40-48-41-43(50-45(47)39-36-32-12-9-6-3)42-49-44(46)38-35-33-30-28-26-24-20-18-16-14-11-8-5-2/h7,10,15,17-18,20-22,25,27,43H,4-6,8-9,11-14,16,19,23-24,26,28-42H2,1-3H3/b10-7-,17-15-,20-18-,22-21-,27-25-. The molecule has 0 aliphatic rings. The fourth-order valence-corrected chi connectivity index (χ4v) is 5.43. The van der Waals surface area contributed by atoms with Crippen LogP contribution in [0.1, 0.15) is 188 Å². The van der Waals surface area contributed by atoms with E-state index in [4.69, 9.17) is 14.2 Å². The maximum absolute atomic E-state index is 12.5. The molecule has 0 bridgehead atoms. The Morgan fingerprint density at radius 1 is 0.460 bits per heavy atom. The Labute approximate surface area is 309 Å². The normalized spacial score (nSPS) is 12.8. The summed E-state index contributed by atoms with van der Waals surface area (Å²) in [5, 5.41) is 0. The maximum Gasteiger partial charge on any atom is 0.306 e. The molecule has 0 rings (SSSR count). The van der Waals surface area contributed by atoms with Gasteiger partial charge in [-0.2, -0.15) is 0 Å². The number of hydrogen-bond donors (Lipinski definition) is 0. The lowest BCUT2D eigenvalue weighted by molar-refractivity contribution is -0.163. The van der Waals surface area contributed by atoms with Crippen LogP contribution in [0.15, 0.2) is 60.8 Å². The predicted molar refractivity (Wildman–Crippen MR) is 214 cm³/mol. The number of esters is 2. The third-order valence-corrected chi connectivity index (χ3v) is 8.54. The van der Waals surface area contributed by atoms with E-state index in [0.717, 1.165) is 96.3 Å². The van der Waals surface area contributed by atoms with Gasteiger partial charge in [0.2, 0.25) is 0 Å². The Morgan fingerprint density at radius 3 is 1.48 bits per heavy atom. The quantitative estimate of drug-likeness (QED) is 0.0367. The van der Waals surface area contributed by atoms with Crippen molar-refractivity contribution >= 4 is 11.9 Å². The molecule has 0 aromatic heterocycles. The van der Waals surface area contributed by atoms with Crippen LogP contribution >= 0.6 is 0 Å². The Balaban J connectivity index is 4.17. The molecule has 0 spiro atoms. The lowest BCUT2D eigenvalue weighted by Crippen LogP contribution is -2.30. The summed E-state index contributed by atoms with van der Waals surface area (Å²) in [7, 11) is 0. The number of carbonyl (C=O) groups is 2. The molecule has 1 atom stereocenters. The number of unbranched alkanes of at least 4 members (excludes halogenated alkanes) is 16. The molecule has 0 saturated heterocycles. The van der Waals surface area contributed by atoms with Gasteiger partial charge in [-0.05, 0) is 83.5 Å². The highest BCUT2D eigenvalue weighted by molar-refractivity contribution is 5.70. The molecular formula is C45H78O5. The molecule has 0 aliphatic heterocycles. The summed E-state index contributed by atoms with van der Waals surface area (Å²) >= 11 is 0. The van der Waals surface area contributed by atoms with Crippen molar-refractivity contribution in [2.45, 2.75) is 194 Å². The summed E-state index contributed by atoms with van der Waals surface area (Å²) in [5.74, 6) is -0.442. The van der Waals surface area contributed by atoms with Crippen molar-refractivity contribution in [2.24, 2.45) is 0 Å². The molecule has 50 heavy (non-hydrogen) atoms. The summed E-state index contributed by atoms with van der Waals surface area (Å²) in [4.78, 5) is 24.9. The molecule has 0 saturated carbocycles. The number of allylic oxidation sites excluding steroid dienone is 10. The highest BCUT2D eigenvalue weighted by Crippen LogP contribution is 2.11. The Morgan fingerprint density at radius 2 is 0.900 bits per heavy atom. The van der Waals surface area contributed by atoms with E-state index < -0.39 is 6.10 Å². The van der Waals surface area contributed by atoms with E-state index in [0.29, 0.717) is 19.4 Å². The summed E-state index contributed by atoms with van der Waals surface area (Å²) in [6.07, 6.45) is 49.6. The largest absolute Gasteiger partial charge is 0.462 e. The van der Waals surface area contributed by atoms with E-state index >= 15 is 0 Å². The van der Waals surface area contributed by atoms with Crippen LogP contribution in [0.4, 0.5) is 0 Å². The predicted octanol–water partition coefficient (Wildman–Crippen LogP) is 13.4. The van der Waals surface area contributed by atoms with Crippen molar-refractivity contribution in [1.29, 1.82) is 0 Å². The minimum Gasteiger partial charge on any atom is -0.462 e. The van der Waals surface area contributed by atoms with Gasteiger partial charge in [-0.25, -0.2) is 0 Å². The summed E-state index contributed by atoms with van der Waals surface area (Å²) < 4.78 is 17.1. The van der Waals surface area contributed by atoms with E-state index in [1.807, 2.05) is 0 Å². The van der Waals surface area contributed by atoms with Gasteiger partial charge in [-0.1, -0.05) is 152 Å². The molecule has 0 fully saturated rings. The van der Waals surface area contributed by atoms with Gasteiger partial charge >= 0.3 is 11.9 Å². The second kappa shape index (κ2) is 41.0. The molecule has 1 unspecified atom stereocenters. The lowest BCUT2D eigenvalue weighted by atomic mass is 10.1. The first-order valence-corrected chi connectivity index (χ1v) is 20.8. The second-order valence-corrected chi connectivity index (χ2v) is 13.5. The zero-order chi connectivity index (χ0) is 36.4. The number of rotatable bonds is 37. The van der Waals surface area contributed by atoms with Crippen molar-refractivity contribution in [3.05, 3.63) is 60.8 Å². The highest BCUT2D eigenvalue weighted by Gasteiger charge is 2.17. The molecule has 288 valence electrons. The molecule has 5 heteroatoms. The average molecular weight is 699 g/mol. The number of hydrogen-bond acceptors (Lipinski definition) is 5. The van der Waals surface area contributed by atoms with E-state index in [1.54, 1.807) is 0 Å². The van der Waals surface area contributed by atoms with Crippen molar-refractivity contribution in [3.63, 3.8) is 0 Å². The summed E-state index contributed by atoms with van der Waals surface area (Å²) in [6, 6.07) is 0. The first kappa shape index (κ1) is 47.6. The zero-order valence-electron chi connectivity index (χ0n) is 32.9. The van der Waals surface area contributed by atoms with Crippen molar-refractivity contribution in [3.8, 4) is 0 Å². The molecule has 0 aromatic rings. The molecule has 0 N–H and O–H groups in total. The van der Waals surface area contributed by atoms with E-state index in [1.165, 1.54) is 57.8 Å². The smallest absolute Gasteiger partial charge is 0.306 e. The molecule has 0 aliphatic carbocycles. The third-order valence-electron chi connectivity index (χ3n) is 8.54. The highest BCUT2D eigenvalue weighted by atomic mass is 16.6. The Bertz CT molecular complexity index is 884. The van der Waals surface area contributed by atoms with Crippen LogP contribution in [0, 0.1) is 0 Å². The minimum atomic E-state index is -0.550. The SMILES string of the molecule is CC/C=C\C/C=C\C/C=C\C/C=C\CCCCCOCC(COC(=O)CCCCCCC/C=C\CCCCCC)OC(=O)CCCCCCC. The van der Waals surface area contributed by atoms with Crippen LogP contribution in [0.2, 0.25) is 0 Å².